The lowest BCUT2D eigenvalue weighted by molar-refractivity contribution is -0.154. The van der Waals surface area contributed by atoms with Gasteiger partial charge in [0.05, 0.1) is 32.3 Å². The number of amides is 2. The number of hydrogen-bond acceptors (Lipinski definition) is 7. The Morgan fingerprint density at radius 3 is 2.66 bits per heavy atom. The van der Waals surface area contributed by atoms with Crippen molar-refractivity contribution in [2.45, 2.75) is 37.0 Å². The van der Waals surface area contributed by atoms with Crippen molar-refractivity contribution in [3.63, 3.8) is 0 Å². The van der Waals surface area contributed by atoms with Gasteiger partial charge in [0.1, 0.15) is 23.3 Å². The minimum atomic E-state index is -1.34. The molecule has 5 rings (SSSR count). The summed E-state index contributed by atoms with van der Waals surface area (Å²) >= 11 is 0. The maximum absolute atomic E-state index is 14.0. The molecule has 4 heterocycles. The smallest absolute Gasteiger partial charge is 0.312 e. The van der Waals surface area contributed by atoms with Crippen LogP contribution in [0, 0.1) is 11.8 Å². The molecule has 35 heavy (non-hydrogen) atoms. The van der Waals surface area contributed by atoms with E-state index >= 15 is 0 Å². The van der Waals surface area contributed by atoms with Crippen LogP contribution in [0.1, 0.15) is 19.3 Å². The number of allylic oxidation sites excluding steroid dienone is 1. The molecule has 0 aromatic heterocycles. The summed E-state index contributed by atoms with van der Waals surface area (Å²) in [5.41, 5.74) is -0.689. The molecule has 1 N–H and O–H groups in total. The average Bonchev–Trinajstić information content (AvgIpc) is 3.24. The molecular weight excluding hydrogens is 452 g/mol. The molecule has 0 radical (unpaired) electrons. The third-order valence-corrected chi connectivity index (χ3v) is 7.33. The Balaban J connectivity index is 1.58. The van der Waals surface area contributed by atoms with Gasteiger partial charge in [0.15, 0.2) is 0 Å². The number of likely N-dealkylation sites (tertiary alicyclic amines) is 1. The number of ether oxygens (including phenoxy) is 3. The first-order valence-corrected chi connectivity index (χ1v) is 12.1. The van der Waals surface area contributed by atoms with Crippen LogP contribution in [-0.4, -0.2) is 79.0 Å². The van der Waals surface area contributed by atoms with Gasteiger partial charge in [0.2, 0.25) is 5.91 Å². The summed E-state index contributed by atoms with van der Waals surface area (Å²) in [5, 5.41) is 9.73. The standard InChI is InChI=1S/C26H30N2O7/c1-33-18-10-8-17(9-11-18)27-13-6-12-26-21(23(30)28(14-15-29)22(26)24(27)31)20-19(35-26)7-4-2-3-5-16-34-25(20)32/h4,6-12,19-22,29H,2-3,5,13-16H2,1H3/b7-4-/t19-,20+,21+,22?,26+/m1/s1. The molecule has 5 atom stereocenters. The first-order valence-electron chi connectivity index (χ1n) is 12.1. The number of aliphatic hydroxyl groups is 1. The quantitative estimate of drug-likeness (QED) is 0.512. The Morgan fingerprint density at radius 1 is 1.11 bits per heavy atom. The van der Waals surface area contributed by atoms with Crippen molar-refractivity contribution >= 4 is 23.5 Å². The maximum atomic E-state index is 14.0. The molecule has 4 aliphatic rings. The monoisotopic (exact) mass is 482 g/mol. The number of nitrogens with zero attached hydrogens (tertiary/aromatic N) is 2. The number of hydrogen-bond donors (Lipinski definition) is 1. The molecule has 0 saturated carbocycles. The minimum absolute atomic E-state index is 0.0383. The van der Waals surface area contributed by atoms with Gasteiger partial charge in [-0.25, -0.2) is 0 Å². The van der Waals surface area contributed by atoms with Gasteiger partial charge in [0.25, 0.3) is 5.91 Å². The van der Waals surface area contributed by atoms with Gasteiger partial charge < -0.3 is 29.1 Å². The molecule has 1 aromatic rings. The Kier molecular flexibility index (Phi) is 6.37. The highest BCUT2D eigenvalue weighted by Crippen LogP contribution is 2.53. The molecule has 1 aromatic carbocycles. The summed E-state index contributed by atoms with van der Waals surface area (Å²) in [7, 11) is 1.57. The van der Waals surface area contributed by atoms with E-state index in [0.717, 1.165) is 19.3 Å². The molecule has 0 bridgehead atoms. The number of benzene rings is 1. The minimum Gasteiger partial charge on any atom is -0.497 e. The highest BCUT2D eigenvalue weighted by atomic mass is 16.6. The van der Waals surface area contributed by atoms with Crippen LogP contribution in [0.3, 0.4) is 0 Å². The maximum Gasteiger partial charge on any atom is 0.312 e. The van der Waals surface area contributed by atoms with Gasteiger partial charge in [-0.05, 0) is 43.5 Å². The lowest BCUT2D eigenvalue weighted by Crippen LogP contribution is -2.55. The molecule has 0 aliphatic carbocycles. The van der Waals surface area contributed by atoms with Crippen LogP contribution in [0.25, 0.3) is 0 Å². The van der Waals surface area contributed by atoms with Gasteiger partial charge in [-0.1, -0.05) is 24.3 Å². The van der Waals surface area contributed by atoms with Crippen LogP contribution >= 0.6 is 0 Å². The zero-order valence-corrected chi connectivity index (χ0v) is 19.7. The first-order chi connectivity index (χ1) is 17.0. The van der Waals surface area contributed by atoms with Crippen molar-refractivity contribution in [3.8, 4) is 5.75 Å². The number of esters is 1. The summed E-state index contributed by atoms with van der Waals surface area (Å²) in [6, 6.07) is 6.07. The van der Waals surface area contributed by atoms with Crippen molar-refractivity contribution in [1.82, 2.24) is 4.90 Å². The predicted octanol–water partition coefficient (Wildman–Crippen LogP) is 1.45. The van der Waals surface area contributed by atoms with E-state index in [0.29, 0.717) is 11.4 Å². The highest BCUT2D eigenvalue weighted by molar-refractivity contribution is 6.05. The van der Waals surface area contributed by atoms with Gasteiger partial charge in [0, 0.05) is 18.8 Å². The molecule has 186 valence electrons. The molecule has 9 nitrogen and oxygen atoms in total. The topological polar surface area (TPSA) is 106 Å². The number of rotatable bonds is 4. The molecule has 2 saturated heterocycles. The zero-order chi connectivity index (χ0) is 24.6. The van der Waals surface area contributed by atoms with Crippen molar-refractivity contribution < 1.29 is 33.7 Å². The number of β-amino-alcohol motifs (C(OH)–C–C–N with tert-alkyl or cyclic N) is 1. The number of carbonyl (C=O) groups is 3. The number of aliphatic hydroxyl groups excluding tert-OH is 1. The second kappa shape index (κ2) is 9.47. The second-order valence-corrected chi connectivity index (χ2v) is 9.24. The SMILES string of the molecule is COc1ccc(N2CC=C[C@]34O[C@@H]5/C=C\CCCCOC(=O)[C@@H]5[C@H]3C(=O)N(CCO)C4C2=O)cc1. The fourth-order valence-electron chi connectivity index (χ4n) is 5.76. The van der Waals surface area contributed by atoms with E-state index in [4.69, 9.17) is 14.2 Å². The van der Waals surface area contributed by atoms with Gasteiger partial charge in [-0.3, -0.25) is 14.4 Å². The second-order valence-electron chi connectivity index (χ2n) is 9.24. The third kappa shape index (κ3) is 3.83. The first kappa shape index (κ1) is 23.6. The fraction of sp³-hybridized carbons (Fsp3) is 0.500. The molecule has 1 unspecified atom stereocenters. The zero-order valence-electron chi connectivity index (χ0n) is 19.7. The average molecular weight is 483 g/mol. The number of cyclic esters (lactones) is 1. The third-order valence-electron chi connectivity index (χ3n) is 7.33. The highest BCUT2D eigenvalue weighted by Gasteiger charge is 2.71. The van der Waals surface area contributed by atoms with E-state index in [1.807, 2.05) is 18.2 Å². The van der Waals surface area contributed by atoms with Crippen LogP contribution in [0.5, 0.6) is 5.75 Å². The van der Waals surface area contributed by atoms with E-state index in [9.17, 15) is 19.5 Å². The van der Waals surface area contributed by atoms with Crippen LogP contribution in [0.15, 0.2) is 48.6 Å². The van der Waals surface area contributed by atoms with Gasteiger partial charge in [-0.2, -0.15) is 0 Å². The van der Waals surface area contributed by atoms with Crippen molar-refractivity contribution in [2.24, 2.45) is 11.8 Å². The van der Waals surface area contributed by atoms with E-state index in [1.54, 1.807) is 42.4 Å². The Hall–Kier alpha value is -3.17. The van der Waals surface area contributed by atoms with Crippen molar-refractivity contribution in [2.75, 3.05) is 38.3 Å². The van der Waals surface area contributed by atoms with Gasteiger partial charge in [-0.15, -0.1) is 0 Å². The largest absolute Gasteiger partial charge is 0.497 e. The Morgan fingerprint density at radius 2 is 1.91 bits per heavy atom. The summed E-state index contributed by atoms with van der Waals surface area (Å²) in [4.78, 5) is 43.9. The number of anilines is 1. The summed E-state index contributed by atoms with van der Waals surface area (Å²) < 4.78 is 17.3. The lowest BCUT2D eigenvalue weighted by Gasteiger charge is -2.35. The number of carbonyl (C=O) groups excluding carboxylic acids is 3. The van der Waals surface area contributed by atoms with Crippen LogP contribution < -0.4 is 9.64 Å². The molecule has 2 fully saturated rings. The van der Waals surface area contributed by atoms with E-state index in [-0.39, 0.29) is 38.1 Å². The van der Waals surface area contributed by atoms with Crippen LogP contribution in [0.4, 0.5) is 5.69 Å². The summed E-state index contributed by atoms with van der Waals surface area (Å²) in [5.74, 6) is -2.32. The van der Waals surface area contributed by atoms with Gasteiger partial charge >= 0.3 is 5.97 Å². The van der Waals surface area contributed by atoms with Crippen molar-refractivity contribution in [1.29, 1.82) is 0 Å². The van der Waals surface area contributed by atoms with Crippen LogP contribution in [0.2, 0.25) is 0 Å². The summed E-state index contributed by atoms with van der Waals surface area (Å²) in [6.07, 6.45) is 9.15. The Labute approximate surface area is 203 Å². The number of methoxy groups -OCH3 is 1. The van der Waals surface area contributed by atoms with Crippen LogP contribution in [-0.2, 0) is 23.9 Å². The Bertz CT molecular complexity index is 1050. The molecule has 9 heteroatoms. The number of fused-ring (bicyclic) bond motifs is 2. The van der Waals surface area contributed by atoms with E-state index in [2.05, 4.69) is 0 Å². The summed E-state index contributed by atoms with van der Waals surface area (Å²) in [6.45, 7) is 0.205. The molecule has 2 amide bonds. The predicted molar refractivity (Wildman–Crippen MR) is 126 cm³/mol. The normalized spacial score (nSPS) is 33.5. The molecule has 1 spiro atoms. The fourth-order valence-corrected chi connectivity index (χ4v) is 5.76. The van der Waals surface area contributed by atoms with E-state index < -0.39 is 35.6 Å². The van der Waals surface area contributed by atoms with E-state index in [1.165, 1.54) is 4.90 Å². The molecular formula is C26H30N2O7. The lowest BCUT2D eigenvalue weighted by atomic mass is 9.78. The molecule has 4 aliphatic heterocycles. The van der Waals surface area contributed by atoms with Crippen molar-refractivity contribution in [3.05, 3.63) is 48.6 Å².